The molecule has 0 bridgehead atoms. The molecular formula is C11H10NO. The van der Waals surface area contributed by atoms with E-state index in [1.54, 1.807) is 13.3 Å². The predicted molar refractivity (Wildman–Crippen MR) is 51.9 cm³/mol. The van der Waals surface area contributed by atoms with Crippen molar-refractivity contribution in [3.8, 4) is 5.75 Å². The molecule has 0 fully saturated rings. The number of fused-ring (bicyclic) bond motifs is 1. The minimum Gasteiger partial charge on any atom is -0.496 e. The van der Waals surface area contributed by atoms with E-state index in [1.165, 1.54) is 5.56 Å². The van der Waals surface area contributed by atoms with E-state index in [2.05, 4.69) is 18.0 Å². The van der Waals surface area contributed by atoms with E-state index in [-0.39, 0.29) is 0 Å². The molecule has 0 saturated heterocycles. The van der Waals surface area contributed by atoms with E-state index in [9.17, 15) is 0 Å². The molecule has 0 spiro atoms. The molecule has 0 saturated carbocycles. The molecule has 1 radical (unpaired) electrons. The molecule has 0 aliphatic heterocycles. The van der Waals surface area contributed by atoms with Crippen molar-refractivity contribution in [2.24, 2.45) is 0 Å². The zero-order valence-corrected chi connectivity index (χ0v) is 7.66. The van der Waals surface area contributed by atoms with Crippen LogP contribution in [-0.2, 0) is 0 Å². The molecule has 1 aromatic carbocycles. The molecule has 2 aromatic rings. The van der Waals surface area contributed by atoms with Crippen LogP contribution in [0.5, 0.6) is 5.75 Å². The van der Waals surface area contributed by atoms with E-state index >= 15 is 0 Å². The van der Waals surface area contributed by atoms with Crippen LogP contribution in [-0.4, -0.2) is 12.1 Å². The van der Waals surface area contributed by atoms with Crippen molar-refractivity contribution in [1.29, 1.82) is 0 Å². The van der Waals surface area contributed by atoms with Crippen LogP contribution in [0.25, 0.3) is 10.9 Å². The number of pyridine rings is 1. The average molecular weight is 172 g/mol. The van der Waals surface area contributed by atoms with Crippen LogP contribution in [0.15, 0.2) is 24.4 Å². The van der Waals surface area contributed by atoms with Gasteiger partial charge in [-0.05, 0) is 24.6 Å². The minimum absolute atomic E-state index is 0.727. The number of aryl methyl sites for hydroxylation is 1. The Morgan fingerprint density at radius 2 is 2.31 bits per heavy atom. The molecule has 1 aromatic heterocycles. The van der Waals surface area contributed by atoms with Gasteiger partial charge in [-0.15, -0.1) is 0 Å². The number of hydrogen-bond acceptors (Lipinski definition) is 2. The van der Waals surface area contributed by atoms with Gasteiger partial charge in [0.2, 0.25) is 0 Å². The first-order valence-electron chi connectivity index (χ1n) is 4.12. The summed E-state index contributed by atoms with van der Waals surface area (Å²) >= 11 is 0. The molecule has 2 rings (SSSR count). The van der Waals surface area contributed by atoms with Gasteiger partial charge in [-0.3, -0.25) is 4.98 Å². The van der Waals surface area contributed by atoms with Gasteiger partial charge in [0.05, 0.1) is 12.6 Å². The van der Waals surface area contributed by atoms with Crippen LogP contribution in [0.2, 0.25) is 0 Å². The van der Waals surface area contributed by atoms with E-state index in [0.29, 0.717) is 0 Å². The number of hydrogen-bond donors (Lipinski definition) is 0. The molecule has 2 nitrogen and oxygen atoms in total. The summed E-state index contributed by atoms with van der Waals surface area (Å²) in [4.78, 5) is 4.25. The summed E-state index contributed by atoms with van der Waals surface area (Å²) in [5.74, 6) is 0.727. The first-order chi connectivity index (χ1) is 6.31. The van der Waals surface area contributed by atoms with Gasteiger partial charge in [-0.1, -0.05) is 0 Å². The molecule has 13 heavy (non-hydrogen) atoms. The summed E-state index contributed by atoms with van der Waals surface area (Å²) in [5, 5.41) is 1.13. The molecule has 0 unspecified atom stereocenters. The topological polar surface area (TPSA) is 22.1 Å². The highest BCUT2D eigenvalue weighted by Crippen LogP contribution is 2.20. The molecule has 1 heterocycles. The average Bonchev–Trinajstić information content (AvgIpc) is 2.18. The highest BCUT2D eigenvalue weighted by atomic mass is 16.5. The summed E-state index contributed by atoms with van der Waals surface area (Å²) in [6.07, 6.45) is 1.80. The van der Waals surface area contributed by atoms with Gasteiger partial charge < -0.3 is 4.74 Å². The third-order valence-corrected chi connectivity index (χ3v) is 2.09. The lowest BCUT2D eigenvalue weighted by atomic mass is 10.1. The third-order valence-electron chi connectivity index (χ3n) is 2.09. The lowest BCUT2D eigenvalue weighted by Gasteiger charge is -2.02. The molecular weight excluding hydrogens is 162 g/mol. The number of ether oxygens (including phenoxy) is 1. The molecule has 0 amide bonds. The highest BCUT2D eigenvalue weighted by molar-refractivity contribution is 5.82. The van der Waals surface area contributed by atoms with Gasteiger partial charge in [-0.2, -0.15) is 0 Å². The summed E-state index contributed by atoms with van der Waals surface area (Å²) in [5.41, 5.74) is 2.17. The second-order valence-electron chi connectivity index (χ2n) is 2.93. The van der Waals surface area contributed by atoms with Gasteiger partial charge >= 0.3 is 0 Å². The molecule has 65 valence electrons. The summed E-state index contributed by atoms with van der Waals surface area (Å²) < 4.78 is 5.07. The molecule has 0 aliphatic carbocycles. The monoisotopic (exact) mass is 172 g/mol. The number of nitrogens with zero attached hydrogens (tertiary/aromatic N) is 1. The highest BCUT2D eigenvalue weighted by Gasteiger charge is 1.99. The van der Waals surface area contributed by atoms with Crippen molar-refractivity contribution in [2.45, 2.75) is 6.92 Å². The standard InChI is InChI=1S/C11H10NO/c1-8-5-6-12-11-7-9(13-2)3-4-10(8)11/h4-7H,1-2H3. The Labute approximate surface area is 77.2 Å². The third kappa shape index (κ3) is 1.35. The zero-order chi connectivity index (χ0) is 9.26. The Kier molecular flexibility index (Phi) is 1.89. The van der Waals surface area contributed by atoms with E-state index in [1.807, 2.05) is 18.2 Å². The minimum atomic E-state index is 0.727. The van der Waals surface area contributed by atoms with E-state index in [0.717, 1.165) is 16.7 Å². The fourth-order valence-corrected chi connectivity index (χ4v) is 1.32. The van der Waals surface area contributed by atoms with Gasteiger partial charge in [0.1, 0.15) is 5.75 Å². The number of benzene rings is 1. The number of rotatable bonds is 1. The molecule has 0 atom stereocenters. The Bertz CT molecular complexity index is 437. The van der Waals surface area contributed by atoms with E-state index in [4.69, 9.17) is 4.74 Å². The fourth-order valence-electron chi connectivity index (χ4n) is 1.32. The molecule has 0 N–H and O–H groups in total. The SMILES string of the molecule is COc1[c]cc2c(C)ccnc2c1. The summed E-state index contributed by atoms with van der Waals surface area (Å²) in [7, 11) is 1.63. The maximum Gasteiger partial charge on any atom is 0.129 e. The van der Waals surface area contributed by atoms with E-state index < -0.39 is 0 Å². The Morgan fingerprint density at radius 1 is 1.46 bits per heavy atom. The van der Waals surface area contributed by atoms with Crippen molar-refractivity contribution in [3.63, 3.8) is 0 Å². The lowest BCUT2D eigenvalue weighted by molar-refractivity contribution is 0.414. The van der Waals surface area contributed by atoms with Gasteiger partial charge in [0.15, 0.2) is 0 Å². The van der Waals surface area contributed by atoms with Crippen LogP contribution in [0.1, 0.15) is 5.56 Å². The zero-order valence-electron chi connectivity index (χ0n) is 7.66. The van der Waals surface area contributed by atoms with Gasteiger partial charge in [0.25, 0.3) is 0 Å². The first kappa shape index (κ1) is 8.05. The van der Waals surface area contributed by atoms with Crippen molar-refractivity contribution in [1.82, 2.24) is 4.98 Å². The lowest BCUT2D eigenvalue weighted by Crippen LogP contribution is -1.86. The molecule has 0 aliphatic rings. The summed E-state index contributed by atoms with van der Waals surface area (Å²) in [6.45, 7) is 2.06. The van der Waals surface area contributed by atoms with Crippen LogP contribution in [0, 0.1) is 13.0 Å². The van der Waals surface area contributed by atoms with Gasteiger partial charge in [0, 0.05) is 23.7 Å². The normalized spacial score (nSPS) is 10.3. The van der Waals surface area contributed by atoms with Gasteiger partial charge in [-0.25, -0.2) is 0 Å². The Hall–Kier alpha value is -1.57. The number of methoxy groups -OCH3 is 1. The van der Waals surface area contributed by atoms with Crippen molar-refractivity contribution in [3.05, 3.63) is 36.0 Å². The Morgan fingerprint density at radius 3 is 3.08 bits per heavy atom. The van der Waals surface area contributed by atoms with Crippen LogP contribution < -0.4 is 4.74 Å². The second-order valence-corrected chi connectivity index (χ2v) is 2.93. The molecule has 2 heteroatoms. The fraction of sp³-hybridized carbons (Fsp3) is 0.182. The van der Waals surface area contributed by atoms with Crippen LogP contribution in [0.3, 0.4) is 0 Å². The van der Waals surface area contributed by atoms with Crippen molar-refractivity contribution >= 4 is 10.9 Å². The first-order valence-corrected chi connectivity index (χ1v) is 4.12. The predicted octanol–water partition coefficient (Wildman–Crippen LogP) is 2.35. The quantitative estimate of drug-likeness (QED) is 0.658. The smallest absolute Gasteiger partial charge is 0.129 e. The van der Waals surface area contributed by atoms with Crippen LogP contribution in [0.4, 0.5) is 0 Å². The Balaban J connectivity index is 2.72. The van der Waals surface area contributed by atoms with Crippen LogP contribution >= 0.6 is 0 Å². The summed E-state index contributed by atoms with van der Waals surface area (Å²) in [6, 6.07) is 8.83. The number of aromatic nitrogens is 1. The maximum absolute atomic E-state index is 5.07. The largest absolute Gasteiger partial charge is 0.496 e. The van der Waals surface area contributed by atoms with Crippen molar-refractivity contribution < 1.29 is 4.74 Å². The maximum atomic E-state index is 5.07. The second kappa shape index (κ2) is 3.05. The van der Waals surface area contributed by atoms with Crippen molar-refractivity contribution in [2.75, 3.05) is 7.11 Å².